The van der Waals surface area contributed by atoms with Gasteiger partial charge in [0.1, 0.15) is 23.6 Å². The molecule has 0 saturated carbocycles. The van der Waals surface area contributed by atoms with E-state index in [4.69, 9.17) is 4.74 Å². The Bertz CT molecular complexity index is 757. The third-order valence-electron chi connectivity index (χ3n) is 4.32. The highest BCUT2D eigenvalue weighted by Crippen LogP contribution is 2.25. The maximum absolute atomic E-state index is 12.6. The summed E-state index contributed by atoms with van der Waals surface area (Å²) in [6.07, 6.45) is 1.44. The zero-order valence-electron chi connectivity index (χ0n) is 14.8. The van der Waals surface area contributed by atoms with Crippen molar-refractivity contribution >= 4 is 17.4 Å². The number of hydrogen-bond donors (Lipinski definition) is 1. The largest absolute Gasteiger partial charge is 0.495 e. The molecule has 7 heteroatoms. The number of aryl methyl sites for hydroxylation is 1. The summed E-state index contributed by atoms with van der Waals surface area (Å²) < 4.78 is 5.31. The standard InChI is InChI=1S/C18H23N5O2/c1-13-4-5-16(25-3)14(10-13)21-18(24)15-11-17(20-12-19-15)23-8-6-22(2)7-9-23/h4-5,10-12H,6-9H2,1-3H3,(H,21,24). The van der Waals surface area contributed by atoms with Gasteiger partial charge in [-0.1, -0.05) is 6.07 Å². The van der Waals surface area contributed by atoms with Gasteiger partial charge in [-0.2, -0.15) is 0 Å². The molecule has 0 atom stereocenters. The van der Waals surface area contributed by atoms with Crippen LogP contribution in [-0.4, -0.2) is 61.1 Å². The number of rotatable bonds is 4. The Morgan fingerprint density at radius 3 is 2.64 bits per heavy atom. The van der Waals surface area contributed by atoms with E-state index >= 15 is 0 Å². The van der Waals surface area contributed by atoms with Crippen molar-refractivity contribution in [2.45, 2.75) is 6.92 Å². The first kappa shape index (κ1) is 17.2. The molecule has 1 aromatic heterocycles. The lowest BCUT2D eigenvalue weighted by atomic mass is 10.2. The van der Waals surface area contributed by atoms with E-state index in [1.54, 1.807) is 13.2 Å². The molecular weight excluding hydrogens is 318 g/mol. The first-order valence-electron chi connectivity index (χ1n) is 8.28. The van der Waals surface area contributed by atoms with Crippen molar-refractivity contribution in [3.05, 3.63) is 41.9 Å². The van der Waals surface area contributed by atoms with Crippen molar-refractivity contribution in [3.63, 3.8) is 0 Å². The SMILES string of the molecule is COc1ccc(C)cc1NC(=O)c1cc(N2CCN(C)CC2)ncn1. The maximum Gasteiger partial charge on any atom is 0.274 e. The van der Waals surface area contributed by atoms with Gasteiger partial charge in [-0.25, -0.2) is 9.97 Å². The van der Waals surface area contributed by atoms with E-state index in [2.05, 4.69) is 32.1 Å². The summed E-state index contributed by atoms with van der Waals surface area (Å²) in [6, 6.07) is 7.38. The lowest BCUT2D eigenvalue weighted by molar-refractivity contribution is 0.102. The predicted molar refractivity (Wildman–Crippen MR) is 97.4 cm³/mol. The molecule has 0 aliphatic carbocycles. The summed E-state index contributed by atoms with van der Waals surface area (Å²) in [7, 11) is 3.68. The molecule has 1 fully saturated rings. The number of nitrogens with zero attached hydrogens (tertiary/aromatic N) is 4. The van der Waals surface area contributed by atoms with Crippen molar-refractivity contribution in [3.8, 4) is 5.75 Å². The van der Waals surface area contributed by atoms with Gasteiger partial charge in [-0.15, -0.1) is 0 Å². The molecule has 1 amide bonds. The van der Waals surface area contributed by atoms with Crippen molar-refractivity contribution < 1.29 is 9.53 Å². The van der Waals surface area contributed by atoms with Crippen LogP contribution in [0.25, 0.3) is 0 Å². The van der Waals surface area contributed by atoms with Gasteiger partial charge >= 0.3 is 0 Å². The molecule has 1 saturated heterocycles. The first-order chi connectivity index (χ1) is 12.1. The fourth-order valence-electron chi connectivity index (χ4n) is 2.79. The minimum Gasteiger partial charge on any atom is -0.495 e. The Morgan fingerprint density at radius 2 is 1.92 bits per heavy atom. The van der Waals surface area contributed by atoms with Gasteiger partial charge in [-0.05, 0) is 31.7 Å². The summed E-state index contributed by atoms with van der Waals surface area (Å²) in [5, 5.41) is 2.87. The third-order valence-corrected chi connectivity index (χ3v) is 4.32. The van der Waals surface area contributed by atoms with Crippen molar-refractivity contribution in [1.82, 2.24) is 14.9 Å². The summed E-state index contributed by atoms with van der Waals surface area (Å²) in [5.74, 6) is 1.12. The van der Waals surface area contributed by atoms with Crippen LogP contribution in [0.15, 0.2) is 30.6 Å². The van der Waals surface area contributed by atoms with Crippen LogP contribution in [0.5, 0.6) is 5.75 Å². The van der Waals surface area contributed by atoms with Crippen LogP contribution in [0.4, 0.5) is 11.5 Å². The fourth-order valence-corrected chi connectivity index (χ4v) is 2.79. The van der Waals surface area contributed by atoms with E-state index in [0.717, 1.165) is 37.6 Å². The smallest absolute Gasteiger partial charge is 0.274 e. The molecule has 132 valence electrons. The Hall–Kier alpha value is -2.67. The average Bonchev–Trinajstić information content (AvgIpc) is 2.62. The quantitative estimate of drug-likeness (QED) is 0.914. The number of hydrogen-bond acceptors (Lipinski definition) is 6. The first-order valence-corrected chi connectivity index (χ1v) is 8.28. The Kier molecular flexibility index (Phi) is 5.14. The highest BCUT2D eigenvalue weighted by molar-refractivity contribution is 6.04. The van der Waals surface area contributed by atoms with Gasteiger partial charge in [0.25, 0.3) is 5.91 Å². The molecular formula is C18H23N5O2. The van der Waals surface area contributed by atoms with Gasteiger partial charge in [-0.3, -0.25) is 4.79 Å². The van der Waals surface area contributed by atoms with Gasteiger partial charge in [0.15, 0.2) is 0 Å². The number of carbonyl (C=O) groups is 1. The number of ether oxygens (including phenoxy) is 1. The van der Waals surface area contributed by atoms with E-state index in [1.807, 2.05) is 25.1 Å². The van der Waals surface area contributed by atoms with Crippen molar-refractivity contribution in [1.29, 1.82) is 0 Å². The normalized spacial score (nSPS) is 15.1. The van der Waals surface area contributed by atoms with Crippen LogP contribution in [0.2, 0.25) is 0 Å². The number of methoxy groups -OCH3 is 1. The second-order valence-corrected chi connectivity index (χ2v) is 6.21. The summed E-state index contributed by atoms with van der Waals surface area (Å²) in [6.45, 7) is 5.70. The van der Waals surface area contributed by atoms with Crippen LogP contribution in [0.1, 0.15) is 16.1 Å². The van der Waals surface area contributed by atoms with Crippen LogP contribution in [-0.2, 0) is 0 Å². The molecule has 0 spiro atoms. The van der Waals surface area contributed by atoms with E-state index in [0.29, 0.717) is 17.1 Å². The zero-order valence-corrected chi connectivity index (χ0v) is 14.8. The van der Waals surface area contributed by atoms with Gasteiger partial charge in [0.2, 0.25) is 0 Å². The number of piperazine rings is 1. The summed E-state index contributed by atoms with van der Waals surface area (Å²) >= 11 is 0. The molecule has 1 aliphatic rings. The minimum absolute atomic E-state index is 0.276. The molecule has 1 N–H and O–H groups in total. The molecule has 2 aromatic rings. The van der Waals surface area contributed by atoms with Crippen LogP contribution in [0.3, 0.4) is 0 Å². The number of aromatic nitrogens is 2. The predicted octanol–water partition coefficient (Wildman–Crippen LogP) is 1.80. The average molecular weight is 341 g/mol. The lowest BCUT2D eigenvalue weighted by Crippen LogP contribution is -2.44. The second kappa shape index (κ2) is 7.48. The maximum atomic E-state index is 12.6. The third kappa shape index (κ3) is 4.06. The minimum atomic E-state index is -0.276. The molecule has 3 rings (SSSR count). The topological polar surface area (TPSA) is 70.6 Å². The van der Waals surface area contributed by atoms with Gasteiger partial charge < -0.3 is 19.9 Å². The molecule has 25 heavy (non-hydrogen) atoms. The van der Waals surface area contributed by atoms with Crippen molar-refractivity contribution in [2.75, 3.05) is 50.6 Å². The van der Waals surface area contributed by atoms with Gasteiger partial charge in [0.05, 0.1) is 12.8 Å². The second-order valence-electron chi connectivity index (χ2n) is 6.21. The molecule has 0 bridgehead atoms. The highest BCUT2D eigenvalue weighted by Gasteiger charge is 2.18. The van der Waals surface area contributed by atoms with E-state index in [9.17, 15) is 4.79 Å². The molecule has 0 unspecified atom stereocenters. The Labute approximate surface area is 147 Å². The Balaban J connectivity index is 1.77. The molecule has 7 nitrogen and oxygen atoms in total. The number of amides is 1. The Morgan fingerprint density at radius 1 is 1.16 bits per heavy atom. The van der Waals surface area contributed by atoms with E-state index < -0.39 is 0 Å². The number of anilines is 2. The zero-order chi connectivity index (χ0) is 17.8. The van der Waals surface area contributed by atoms with Crippen molar-refractivity contribution in [2.24, 2.45) is 0 Å². The van der Waals surface area contributed by atoms with Crippen LogP contribution >= 0.6 is 0 Å². The fraction of sp³-hybridized carbons (Fsp3) is 0.389. The number of likely N-dealkylation sites (N-methyl/N-ethyl adjacent to an activating group) is 1. The lowest BCUT2D eigenvalue weighted by Gasteiger charge is -2.33. The number of nitrogens with one attached hydrogen (secondary N) is 1. The molecule has 1 aromatic carbocycles. The van der Waals surface area contributed by atoms with E-state index in [-0.39, 0.29) is 5.91 Å². The molecule has 2 heterocycles. The summed E-state index contributed by atoms with van der Waals surface area (Å²) in [4.78, 5) is 25.5. The molecule has 1 aliphatic heterocycles. The highest BCUT2D eigenvalue weighted by atomic mass is 16.5. The summed E-state index contributed by atoms with van der Waals surface area (Å²) in [5.41, 5.74) is 2.01. The van der Waals surface area contributed by atoms with E-state index in [1.165, 1.54) is 6.33 Å². The molecule has 0 radical (unpaired) electrons. The monoisotopic (exact) mass is 341 g/mol. The van der Waals surface area contributed by atoms with Crippen LogP contribution in [0, 0.1) is 6.92 Å². The number of benzene rings is 1. The number of carbonyl (C=O) groups excluding carboxylic acids is 1. The van der Waals surface area contributed by atoms with Gasteiger partial charge in [0, 0.05) is 32.2 Å². The van der Waals surface area contributed by atoms with Crippen LogP contribution < -0.4 is 15.0 Å².